The van der Waals surface area contributed by atoms with Gasteiger partial charge in [0.2, 0.25) is 0 Å². The first-order chi connectivity index (χ1) is 3.68. The van der Waals surface area contributed by atoms with Crippen LogP contribution in [-0.2, 0) is 4.79 Å². The third-order valence-corrected chi connectivity index (χ3v) is 0.729. The van der Waals surface area contributed by atoms with Crippen LogP contribution in [0, 0.1) is 0 Å². The molecular formula is C4H9FN2O. The van der Waals surface area contributed by atoms with Gasteiger partial charge in [0.15, 0.2) is 6.17 Å². The lowest BCUT2D eigenvalue weighted by molar-refractivity contribution is -0.122. The molecule has 0 spiro atoms. The van der Waals surface area contributed by atoms with Crippen molar-refractivity contribution in [2.75, 3.05) is 6.54 Å². The molecule has 1 amide bonds. The number of halogens is 1. The summed E-state index contributed by atoms with van der Waals surface area (Å²) in [6, 6.07) is 0. The van der Waals surface area contributed by atoms with Crippen molar-refractivity contribution in [1.82, 2.24) is 0 Å². The topological polar surface area (TPSA) is 69.1 Å². The summed E-state index contributed by atoms with van der Waals surface area (Å²) in [7, 11) is 0. The summed E-state index contributed by atoms with van der Waals surface area (Å²) in [5.41, 5.74) is 9.47. The largest absolute Gasteiger partial charge is 0.367 e. The van der Waals surface area contributed by atoms with Gasteiger partial charge in [-0.2, -0.15) is 0 Å². The number of alkyl halides is 1. The summed E-state index contributed by atoms with van der Waals surface area (Å²) in [5, 5.41) is 0. The Morgan fingerprint density at radius 3 is 2.38 bits per heavy atom. The highest BCUT2D eigenvalue weighted by Crippen LogP contribution is 1.92. The molecule has 0 aliphatic heterocycles. The van der Waals surface area contributed by atoms with E-state index in [1.54, 1.807) is 0 Å². The zero-order valence-electron chi connectivity index (χ0n) is 4.43. The van der Waals surface area contributed by atoms with E-state index in [4.69, 9.17) is 5.73 Å². The first-order valence-corrected chi connectivity index (χ1v) is 2.32. The highest BCUT2D eigenvalue weighted by atomic mass is 19.1. The van der Waals surface area contributed by atoms with Gasteiger partial charge in [-0.25, -0.2) is 4.39 Å². The van der Waals surface area contributed by atoms with Crippen LogP contribution in [0.4, 0.5) is 4.39 Å². The molecule has 0 aromatic heterocycles. The van der Waals surface area contributed by atoms with Gasteiger partial charge >= 0.3 is 0 Å². The molecule has 0 bridgehead atoms. The molecule has 0 saturated carbocycles. The molecular weight excluding hydrogens is 111 g/mol. The van der Waals surface area contributed by atoms with Gasteiger partial charge in [0, 0.05) is 0 Å². The third-order valence-electron chi connectivity index (χ3n) is 0.729. The Kier molecular flexibility index (Phi) is 3.10. The van der Waals surface area contributed by atoms with Gasteiger partial charge in [0.25, 0.3) is 5.91 Å². The van der Waals surface area contributed by atoms with E-state index >= 15 is 0 Å². The van der Waals surface area contributed by atoms with Crippen LogP contribution in [0.5, 0.6) is 0 Å². The van der Waals surface area contributed by atoms with Crippen LogP contribution in [0.25, 0.3) is 0 Å². The van der Waals surface area contributed by atoms with E-state index in [1.165, 1.54) is 0 Å². The lowest BCUT2D eigenvalue weighted by Gasteiger charge is -1.97. The quantitative estimate of drug-likeness (QED) is 0.509. The van der Waals surface area contributed by atoms with Crippen molar-refractivity contribution in [2.45, 2.75) is 12.6 Å². The average Bonchev–Trinajstić information content (AvgIpc) is 1.67. The summed E-state index contributed by atoms with van der Waals surface area (Å²) in [4.78, 5) is 9.88. The number of primary amides is 1. The van der Waals surface area contributed by atoms with Crippen molar-refractivity contribution < 1.29 is 9.18 Å². The minimum atomic E-state index is -1.57. The highest BCUT2D eigenvalue weighted by molar-refractivity contribution is 5.78. The molecule has 48 valence electrons. The first kappa shape index (κ1) is 7.36. The number of carbonyl (C=O) groups is 1. The Bertz CT molecular complexity index is 86.1. The average molecular weight is 120 g/mol. The zero-order valence-corrected chi connectivity index (χ0v) is 4.43. The van der Waals surface area contributed by atoms with Gasteiger partial charge in [0.1, 0.15) is 0 Å². The second-order valence-corrected chi connectivity index (χ2v) is 1.45. The van der Waals surface area contributed by atoms with E-state index in [0.717, 1.165) is 0 Å². The summed E-state index contributed by atoms with van der Waals surface area (Å²) < 4.78 is 12.0. The molecule has 0 fully saturated rings. The number of amides is 1. The van der Waals surface area contributed by atoms with E-state index in [0.29, 0.717) is 0 Å². The molecule has 0 saturated heterocycles. The molecule has 1 atom stereocenters. The second kappa shape index (κ2) is 3.37. The fourth-order valence-corrected chi connectivity index (χ4v) is 0.289. The molecule has 4 heteroatoms. The predicted molar refractivity (Wildman–Crippen MR) is 27.8 cm³/mol. The normalized spacial score (nSPS) is 13.2. The van der Waals surface area contributed by atoms with Crippen LogP contribution in [0.2, 0.25) is 0 Å². The van der Waals surface area contributed by atoms with E-state index in [2.05, 4.69) is 5.73 Å². The standard InChI is InChI=1S/C4H9FN2O/c5-3(1-2-6)4(7)8/h3H,1-2,6H2,(H2,7,8). The third kappa shape index (κ3) is 2.52. The number of hydrogen-bond donors (Lipinski definition) is 2. The molecule has 4 N–H and O–H groups in total. The van der Waals surface area contributed by atoms with Crippen LogP contribution in [0.3, 0.4) is 0 Å². The minimum absolute atomic E-state index is 0.0231. The fourth-order valence-electron chi connectivity index (χ4n) is 0.289. The van der Waals surface area contributed by atoms with E-state index in [-0.39, 0.29) is 13.0 Å². The van der Waals surface area contributed by atoms with Crippen molar-refractivity contribution >= 4 is 5.91 Å². The van der Waals surface area contributed by atoms with Crippen LogP contribution >= 0.6 is 0 Å². The second-order valence-electron chi connectivity index (χ2n) is 1.45. The van der Waals surface area contributed by atoms with Gasteiger partial charge in [-0.15, -0.1) is 0 Å². The molecule has 0 aliphatic rings. The van der Waals surface area contributed by atoms with Crippen molar-refractivity contribution in [3.05, 3.63) is 0 Å². The molecule has 0 aliphatic carbocycles. The van der Waals surface area contributed by atoms with Crippen LogP contribution in [-0.4, -0.2) is 18.6 Å². The highest BCUT2D eigenvalue weighted by Gasteiger charge is 2.10. The van der Waals surface area contributed by atoms with Gasteiger partial charge in [-0.3, -0.25) is 4.79 Å². The van der Waals surface area contributed by atoms with Crippen LogP contribution in [0.15, 0.2) is 0 Å². The molecule has 0 aromatic carbocycles. The molecule has 8 heavy (non-hydrogen) atoms. The summed E-state index contributed by atoms with van der Waals surface area (Å²) >= 11 is 0. The van der Waals surface area contributed by atoms with E-state index < -0.39 is 12.1 Å². The zero-order chi connectivity index (χ0) is 6.57. The maximum atomic E-state index is 12.0. The summed E-state index contributed by atoms with van der Waals surface area (Å²) in [5.74, 6) is -0.935. The Hall–Kier alpha value is -0.640. The smallest absolute Gasteiger partial charge is 0.252 e. The van der Waals surface area contributed by atoms with Crippen LogP contribution < -0.4 is 11.5 Å². The van der Waals surface area contributed by atoms with Gasteiger partial charge in [-0.1, -0.05) is 0 Å². The Labute approximate surface area is 46.8 Å². The minimum Gasteiger partial charge on any atom is -0.367 e. The maximum absolute atomic E-state index is 12.0. The summed E-state index contributed by atoms with van der Waals surface area (Å²) in [6.45, 7) is 0.157. The number of rotatable bonds is 3. The number of hydrogen-bond acceptors (Lipinski definition) is 2. The van der Waals surface area contributed by atoms with Crippen LogP contribution in [0.1, 0.15) is 6.42 Å². The van der Waals surface area contributed by atoms with Gasteiger partial charge < -0.3 is 11.5 Å². The Balaban J connectivity index is 3.32. The molecule has 0 rings (SSSR count). The predicted octanol–water partition coefficient (Wildman–Crippen LogP) is -0.841. The fraction of sp³-hybridized carbons (Fsp3) is 0.750. The molecule has 1 unspecified atom stereocenters. The Morgan fingerprint density at radius 2 is 2.25 bits per heavy atom. The molecule has 0 heterocycles. The molecule has 3 nitrogen and oxygen atoms in total. The first-order valence-electron chi connectivity index (χ1n) is 2.32. The van der Waals surface area contributed by atoms with Crippen molar-refractivity contribution in [2.24, 2.45) is 11.5 Å². The summed E-state index contributed by atoms with van der Waals surface area (Å²) in [6.07, 6.45) is -1.55. The van der Waals surface area contributed by atoms with Crippen molar-refractivity contribution in [3.63, 3.8) is 0 Å². The van der Waals surface area contributed by atoms with Gasteiger partial charge in [-0.05, 0) is 13.0 Å². The number of nitrogens with two attached hydrogens (primary N) is 2. The lowest BCUT2D eigenvalue weighted by atomic mass is 10.3. The molecule has 0 aromatic rings. The van der Waals surface area contributed by atoms with Gasteiger partial charge in [0.05, 0.1) is 0 Å². The SMILES string of the molecule is NCCC(F)C(N)=O. The lowest BCUT2D eigenvalue weighted by Crippen LogP contribution is -2.26. The monoisotopic (exact) mass is 120 g/mol. The van der Waals surface area contributed by atoms with Crippen molar-refractivity contribution in [1.29, 1.82) is 0 Å². The molecule has 0 radical (unpaired) electrons. The van der Waals surface area contributed by atoms with E-state index in [9.17, 15) is 9.18 Å². The van der Waals surface area contributed by atoms with E-state index in [1.807, 2.05) is 0 Å². The number of carbonyl (C=O) groups excluding carboxylic acids is 1. The maximum Gasteiger partial charge on any atom is 0.252 e. The Morgan fingerprint density at radius 1 is 1.75 bits per heavy atom. The van der Waals surface area contributed by atoms with Crippen molar-refractivity contribution in [3.8, 4) is 0 Å².